The van der Waals surface area contributed by atoms with Crippen LogP contribution in [0.25, 0.3) is 0 Å². The number of rotatable bonds is 4. The van der Waals surface area contributed by atoms with Gasteiger partial charge in [0.15, 0.2) is 0 Å². The lowest BCUT2D eigenvalue weighted by molar-refractivity contribution is -0.140. The highest BCUT2D eigenvalue weighted by Crippen LogP contribution is 2.20. The van der Waals surface area contributed by atoms with E-state index in [0.29, 0.717) is 24.8 Å². The smallest absolute Gasteiger partial charge is 0.327 e. The van der Waals surface area contributed by atoms with Crippen molar-refractivity contribution in [3.05, 3.63) is 0 Å². The van der Waals surface area contributed by atoms with Gasteiger partial charge in [-0.3, -0.25) is 0 Å². The second kappa shape index (κ2) is 5.82. The Morgan fingerprint density at radius 2 is 2.40 bits per heavy atom. The van der Waals surface area contributed by atoms with E-state index in [-0.39, 0.29) is 6.03 Å². The number of urea groups is 1. The fourth-order valence-corrected chi connectivity index (χ4v) is 2.35. The van der Waals surface area contributed by atoms with Crippen LogP contribution in [0.3, 0.4) is 0 Å². The molecular weight excluding hydrogens is 220 g/mol. The van der Waals surface area contributed by atoms with E-state index in [1.165, 1.54) is 23.8 Å². The maximum atomic E-state index is 11.5. The average molecular weight is 234 g/mol. The van der Waals surface area contributed by atoms with Crippen LogP contribution in [0.4, 0.5) is 4.79 Å². The van der Waals surface area contributed by atoms with Crippen molar-refractivity contribution in [2.24, 2.45) is 0 Å². The van der Waals surface area contributed by atoms with E-state index in [0.717, 1.165) is 0 Å². The summed E-state index contributed by atoms with van der Waals surface area (Å²) >= 11 is 1.44. The molecule has 0 spiro atoms. The molecule has 1 fully saturated rings. The summed E-state index contributed by atoms with van der Waals surface area (Å²) in [5, 5.41) is 11.4. The molecule has 15 heavy (non-hydrogen) atoms. The number of carbonyl (C=O) groups is 2. The van der Waals surface area contributed by atoms with E-state index < -0.39 is 12.0 Å². The summed E-state index contributed by atoms with van der Waals surface area (Å²) in [5.41, 5.74) is 0. The maximum absolute atomic E-state index is 11.5. The Balaban J connectivity index is 2.40. The Kier molecular flexibility index (Phi) is 4.70. The van der Waals surface area contributed by atoms with Gasteiger partial charge in [0.25, 0.3) is 0 Å². The number of ether oxygens (including phenoxy) is 1. The number of hydrogen-bond acceptors (Lipinski definition) is 4. The Labute approximate surface area is 92.0 Å². The number of nitrogens with zero attached hydrogens (tertiary/aromatic N) is 1. The topological polar surface area (TPSA) is 78.9 Å². The van der Waals surface area contributed by atoms with Gasteiger partial charge in [0.05, 0.1) is 12.5 Å². The number of nitrogens with one attached hydrogen (secondary N) is 1. The Hall–Kier alpha value is -0.950. The fourth-order valence-electron chi connectivity index (χ4n) is 1.21. The van der Waals surface area contributed by atoms with Crippen LogP contribution >= 0.6 is 11.8 Å². The largest absolute Gasteiger partial charge is 0.480 e. The van der Waals surface area contributed by atoms with Crippen molar-refractivity contribution in [3.63, 3.8) is 0 Å². The summed E-state index contributed by atoms with van der Waals surface area (Å²) < 4.78 is 4.77. The Morgan fingerprint density at radius 1 is 1.67 bits per heavy atom. The quantitative estimate of drug-likeness (QED) is 0.659. The summed E-state index contributed by atoms with van der Waals surface area (Å²) in [6, 6.07) is -1.05. The molecule has 0 unspecified atom stereocenters. The van der Waals surface area contributed by atoms with Crippen LogP contribution in [-0.4, -0.2) is 59.9 Å². The van der Waals surface area contributed by atoms with E-state index in [9.17, 15) is 9.59 Å². The molecule has 86 valence electrons. The van der Waals surface area contributed by atoms with Crippen molar-refractivity contribution in [3.8, 4) is 0 Å². The summed E-state index contributed by atoms with van der Waals surface area (Å²) in [4.78, 5) is 23.6. The van der Waals surface area contributed by atoms with E-state index >= 15 is 0 Å². The standard InChI is InChI=1S/C8H14N2O4S/c1-14-3-2-9-8(13)10-5-15-4-6(10)7(11)12/h6H,2-5H2,1H3,(H,9,13)(H,11,12)/t6-/m0/s1. The van der Waals surface area contributed by atoms with E-state index in [4.69, 9.17) is 9.84 Å². The highest BCUT2D eigenvalue weighted by atomic mass is 32.2. The highest BCUT2D eigenvalue weighted by molar-refractivity contribution is 7.99. The molecule has 0 bridgehead atoms. The van der Waals surface area contributed by atoms with Gasteiger partial charge < -0.3 is 20.1 Å². The molecule has 1 aliphatic heterocycles. The summed E-state index contributed by atoms with van der Waals surface area (Å²) in [6.45, 7) is 0.813. The summed E-state index contributed by atoms with van der Waals surface area (Å²) in [5.74, 6) is -0.0788. The third kappa shape index (κ3) is 3.28. The zero-order valence-corrected chi connectivity index (χ0v) is 9.25. The normalized spacial score (nSPS) is 20.3. The molecule has 7 heteroatoms. The first kappa shape index (κ1) is 12.1. The van der Waals surface area contributed by atoms with Crippen molar-refractivity contribution in [1.29, 1.82) is 0 Å². The van der Waals surface area contributed by atoms with Crippen molar-refractivity contribution in [2.75, 3.05) is 31.9 Å². The van der Waals surface area contributed by atoms with Gasteiger partial charge in [0.2, 0.25) is 0 Å². The SMILES string of the molecule is COCCNC(=O)N1CSC[C@H]1C(=O)O. The molecule has 1 atom stereocenters. The minimum absolute atomic E-state index is 0.343. The molecule has 0 aromatic carbocycles. The molecule has 0 aromatic rings. The predicted octanol–water partition coefficient (Wildman–Crippen LogP) is -0.198. The van der Waals surface area contributed by atoms with Gasteiger partial charge in [-0.15, -0.1) is 11.8 Å². The van der Waals surface area contributed by atoms with Crippen molar-refractivity contribution in [1.82, 2.24) is 10.2 Å². The number of carbonyl (C=O) groups excluding carboxylic acids is 1. The molecule has 6 nitrogen and oxygen atoms in total. The molecule has 1 aliphatic rings. The van der Waals surface area contributed by atoms with Gasteiger partial charge in [-0.25, -0.2) is 9.59 Å². The second-order valence-electron chi connectivity index (χ2n) is 3.05. The summed E-state index contributed by atoms with van der Waals surface area (Å²) in [7, 11) is 1.54. The molecule has 1 heterocycles. The number of thioether (sulfide) groups is 1. The van der Waals surface area contributed by atoms with Crippen molar-refractivity contribution < 1.29 is 19.4 Å². The fraction of sp³-hybridized carbons (Fsp3) is 0.750. The van der Waals surface area contributed by atoms with Gasteiger partial charge in [-0.05, 0) is 0 Å². The monoisotopic (exact) mass is 234 g/mol. The van der Waals surface area contributed by atoms with E-state index in [2.05, 4.69) is 5.32 Å². The van der Waals surface area contributed by atoms with Crippen molar-refractivity contribution in [2.45, 2.75) is 6.04 Å². The molecule has 1 saturated heterocycles. The van der Waals surface area contributed by atoms with Gasteiger partial charge >= 0.3 is 12.0 Å². The van der Waals surface area contributed by atoms with Crippen LogP contribution in [0.1, 0.15) is 0 Å². The molecule has 1 rings (SSSR count). The van der Waals surface area contributed by atoms with Crippen LogP contribution in [0.15, 0.2) is 0 Å². The lowest BCUT2D eigenvalue weighted by Crippen LogP contribution is -2.47. The van der Waals surface area contributed by atoms with Gasteiger partial charge in [-0.1, -0.05) is 0 Å². The highest BCUT2D eigenvalue weighted by Gasteiger charge is 2.34. The van der Waals surface area contributed by atoms with Crippen LogP contribution < -0.4 is 5.32 Å². The number of carboxylic acid groups (broad SMARTS) is 1. The van der Waals surface area contributed by atoms with Gasteiger partial charge in [0.1, 0.15) is 6.04 Å². The average Bonchev–Trinajstić information content (AvgIpc) is 2.66. The molecule has 0 saturated carbocycles. The zero-order chi connectivity index (χ0) is 11.3. The molecule has 0 radical (unpaired) electrons. The molecule has 2 N–H and O–H groups in total. The summed E-state index contributed by atoms with van der Waals surface area (Å²) in [6.07, 6.45) is 0. The predicted molar refractivity (Wildman–Crippen MR) is 55.9 cm³/mol. The lowest BCUT2D eigenvalue weighted by atomic mass is 10.3. The Bertz CT molecular complexity index is 249. The van der Waals surface area contributed by atoms with E-state index in [1.54, 1.807) is 0 Å². The van der Waals surface area contributed by atoms with Crippen LogP contribution in [0.2, 0.25) is 0 Å². The maximum Gasteiger partial charge on any atom is 0.327 e. The van der Waals surface area contributed by atoms with Crippen LogP contribution in [-0.2, 0) is 9.53 Å². The van der Waals surface area contributed by atoms with E-state index in [1.807, 2.05) is 0 Å². The molecule has 2 amide bonds. The first-order valence-electron chi connectivity index (χ1n) is 4.50. The second-order valence-corrected chi connectivity index (χ2v) is 4.05. The molecular formula is C8H14N2O4S. The van der Waals surface area contributed by atoms with Gasteiger partial charge in [0, 0.05) is 19.4 Å². The van der Waals surface area contributed by atoms with Crippen LogP contribution in [0.5, 0.6) is 0 Å². The third-order valence-corrected chi connectivity index (χ3v) is 3.02. The first-order valence-corrected chi connectivity index (χ1v) is 5.66. The minimum Gasteiger partial charge on any atom is -0.480 e. The number of carboxylic acids is 1. The molecule has 0 aliphatic carbocycles. The minimum atomic E-state index is -0.957. The van der Waals surface area contributed by atoms with Gasteiger partial charge in [-0.2, -0.15) is 0 Å². The van der Waals surface area contributed by atoms with Crippen molar-refractivity contribution >= 4 is 23.8 Å². The number of amides is 2. The first-order chi connectivity index (χ1) is 7.16. The molecule has 0 aromatic heterocycles. The third-order valence-electron chi connectivity index (χ3n) is 2.01. The number of aliphatic carboxylic acids is 1. The Morgan fingerprint density at radius 3 is 3.00 bits per heavy atom. The zero-order valence-electron chi connectivity index (χ0n) is 8.43. The lowest BCUT2D eigenvalue weighted by Gasteiger charge is -2.20. The number of hydrogen-bond donors (Lipinski definition) is 2. The number of methoxy groups -OCH3 is 1. The van der Waals surface area contributed by atoms with Crippen LogP contribution in [0, 0.1) is 0 Å².